The Hall–Kier alpha value is -2.38. The summed E-state index contributed by atoms with van der Waals surface area (Å²) in [7, 11) is 0. The molecular formula is C21H20FNO3S2. The number of hydrogen-bond acceptors (Lipinski definition) is 5. The second kappa shape index (κ2) is 9.71. The molecule has 1 amide bonds. The summed E-state index contributed by atoms with van der Waals surface area (Å²) in [6, 6.07) is 13.8. The number of fused-ring (bicyclic) bond motifs is 1. The lowest BCUT2D eigenvalue weighted by molar-refractivity contribution is -0.116. The van der Waals surface area contributed by atoms with Gasteiger partial charge in [0, 0.05) is 21.4 Å². The van der Waals surface area contributed by atoms with Crippen LogP contribution in [0.4, 0.5) is 9.39 Å². The van der Waals surface area contributed by atoms with Gasteiger partial charge < -0.3 is 10.1 Å². The fourth-order valence-electron chi connectivity index (χ4n) is 2.68. The quantitative estimate of drug-likeness (QED) is 0.289. The van der Waals surface area contributed by atoms with Gasteiger partial charge in [0.05, 0.1) is 6.61 Å². The normalized spacial score (nSPS) is 10.8. The van der Waals surface area contributed by atoms with E-state index < -0.39 is 5.97 Å². The predicted octanol–water partition coefficient (Wildman–Crippen LogP) is 5.73. The topological polar surface area (TPSA) is 55.4 Å². The maximum absolute atomic E-state index is 12.9. The number of nitrogens with one attached hydrogen (secondary N) is 1. The molecule has 0 aliphatic heterocycles. The highest BCUT2D eigenvalue weighted by Crippen LogP contribution is 2.36. The zero-order valence-electron chi connectivity index (χ0n) is 15.4. The number of carbonyl (C=O) groups excluding carboxylic acids is 2. The van der Waals surface area contributed by atoms with Gasteiger partial charge in [-0.3, -0.25) is 4.79 Å². The van der Waals surface area contributed by atoms with Crippen molar-refractivity contribution in [2.24, 2.45) is 0 Å². The number of anilines is 1. The number of thiophene rings is 1. The van der Waals surface area contributed by atoms with E-state index in [-0.39, 0.29) is 18.3 Å². The Bertz CT molecular complexity index is 969. The van der Waals surface area contributed by atoms with Crippen molar-refractivity contribution in [2.75, 3.05) is 17.7 Å². The molecule has 3 aromatic rings. The summed E-state index contributed by atoms with van der Waals surface area (Å²) < 4.78 is 19.0. The van der Waals surface area contributed by atoms with Crippen LogP contribution in [0.25, 0.3) is 10.1 Å². The molecule has 0 bridgehead atoms. The standard InChI is InChI=1S/C21H20FNO3S2/c1-2-26-21(25)19-16-6-3-4-7-17(16)28-20(19)23-18(24)8-5-13-27-15-11-9-14(22)10-12-15/h3-4,6-7,9-12H,2,5,8,13H2,1H3,(H,23,24). The van der Waals surface area contributed by atoms with E-state index in [1.54, 1.807) is 30.8 Å². The summed E-state index contributed by atoms with van der Waals surface area (Å²) in [6.07, 6.45) is 1.01. The second-order valence-corrected chi connectivity index (χ2v) is 8.20. The zero-order chi connectivity index (χ0) is 19.9. The Balaban J connectivity index is 1.60. The number of halogens is 1. The van der Waals surface area contributed by atoms with Gasteiger partial charge in [0.15, 0.2) is 0 Å². The van der Waals surface area contributed by atoms with Crippen molar-refractivity contribution in [3.8, 4) is 0 Å². The molecule has 0 saturated heterocycles. The molecule has 0 unspecified atom stereocenters. The van der Waals surface area contributed by atoms with Gasteiger partial charge in [-0.2, -0.15) is 0 Å². The van der Waals surface area contributed by atoms with Crippen LogP contribution in [-0.4, -0.2) is 24.2 Å². The third-order valence-electron chi connectivity index (χ3n) is 3.96. The minimum absolute atomic E-state index is 0.142. The van der Waals surface area contributed by atoms with E-state index in [4.69, 9.17) is 4.74 Å². The molecule has 0 aliphatic carbocycles. The van der Waals surface area contributed by atoms with Crippen LogP contribution in [0.2, 0.25) is 0 Å². The van der Waals surface area contributed by atoms with Crippen LogP contribution in [-0.2, 0) is 9.53 Å². The van der Waals surface area contributed by atoms with Crippen LogP contribution >= 0.6 is 23.1 Å². The molecule has 1 aromatic heterocycles. The highest BCUT2D eigenvalue weighted by atomic mass is 32.2. The maximum atomic E-state index is 12.9. The van der Waals surface area contributed by atoms with E-state index in [1.807, 2.05) is 24.3 Å². The lowest BCUT2D eigenvalue weighted by Gasteiger charge is -2.07. The Labute approximate surface area is 171 Å². The van der Waals surface area contributed by atoms with Crippen molar-refractivity contribution in [2.45, 2.75) is 24.7 Å². The Morgan fingerprint density at radius 1 is 1.14 bits per heavy atom. The van der Waals surface area contributed by atoms with Crippen molar-refractivity contribution < 1.29 is 18.7 Å². The summed E-state index contributed by atoms with van der Waals surface area (Å²) in [6.45, 7) is 2.03. The SMILES string of the molecule is CCOC(=O)c1c(NC(=O)CCCSc2ccc(F)cc2)sc2ccccc12. The number of carbonyl (C=O) groups is 2. The van der Waals surface area contributed by atoms with Gasteiger partial charge in [0.1, 0.15) is 16.4 Å². The van der Waals surface area contributed by atoms with Crippen molar-refractivity contribution in [1.29, 1.82) is 0 Å². The highest BCUT2D eigenvalue weighted by Gasteiger charge is 2.21. The van der Waals surface area contributed by atoms with Gasteiger partial charge in [-0.05, 0) is 49.4 Å². The molecular weight excluding hydrogens is 397 g/mol. The molecule has 3 rings (SSSR count). The smallest absolute Gasteiger partial charge is 0.341 e. The lowest BCUT2D eigenvalue weighted by Crippen LogP contribution is -2.14. The molecule has 7 heteroatoms. The van der Waals surface area contributed by atoms with Gasteiger partial charge in [-0.15, -0.1) is 23.1 Å². The number of amides is 1. The van der Waals surface area contributed by atoms with Crippen LogP contribution in [0.5, 0.6) is 0 Å². The van der Waals surface area contributed by atoms with Gasteiger partial charge in [0.2, 0.25) is 5.91 Å². The number of ether oxygens (including phenoxy) is 1. The van der Waals surface area contributed by atoms with Crippen LogP contribution in [0, 0.1) is 5.82 Å². The van der Waals surface area contributed by atoms with Crippen molar-refractivity contribution in [3.63, 3.8) is 0 Å². The number of benzene rings is 2. The lowest BCUT2D eigenvalue weighted by atomic mass is 10.1. The van der Waals surface area contributed by atoms with Crippen LogP contribution in [0.1, 0.15) is 30.1 Å². The largest absolute Gasteiger partial charge is 0.462 e. The molecule has 0 aliphatic rings. The first-order valence-electron chi connectivity index (χ1n) is 8.95. The van der Waals surface area contributed by atoms with Crippen molar-refractivity contribution in [1.82, 2.24) is 0 Å². The number of esters is 1. The number of rotatable bonds is 8. The molecule has 0 saturated carbocycles. The molecule has 28 heavy (non-hydrogen) atoms. The first kappa shape index (κ1) is 20.4. The zero-order valence-corrected chi connectivity index (χ0v) is 17.0. The molecule has 146 valence electrons. The summed E-state index contributed by atoms with van der Waals surface area (Å²) in [5.74, 6) is -0.0840. The predicted molar refractivity (Wildman–Crippen MR) is 113 cm³/mol. The first-order chi connectivity index (χ1) is 13.6. The molecule has 0 spiro atoms. The average Bonchev–Trinajstić information content (AvgIpc) is 3.04. The van der Waals surface area contributed by atoms with E-state index in [0.29, 0.717) is 23.4 Å². The van der Waals surface area contributed by atoms with E-state index in [0.717, 1.165) is 20.7 Å². The van der Waals surface area contributed by atoms with Crippen LogP contribution in [0.3, 0.4) is 0 Å². The summed E-state index contributed by atoms with van der Waals surface area (Å²) in [5, 5.41) is 4.17. The number of hydrogen-bond donors (Lipinski definition) is 1. The van der Waals surface area contributed by atoms with Gasteiger partial charge >= 0.3 is 5.97 Å². The molecule has 4 nitrogen and oxygen atoms in total. The van der Waals surface area contributed by atoms with E-state index in [1.165, 1.54) is 23.5 Å². The minimum atomic E-state index is -0.429. The number of thioether (sulfide) groups is 1. The first-order valence-corrected chi connectivity index (χ1v) is 10.8. The van der Waals surface area contributed by atoms with Gasteiger partial charge in [-0.1, -0.05) is 18.2 Å². The van der Waals surface area contributed by atoms with Crippen LogP contribution in [0.15, 0.2) is 53.4 Å². The monoisotopic (exact) mass is 417 g/mol. The van der Waals surface area contributed by atoms with Crippen LogP contribution < -0.4 is 5.32 Å². The van der Waals surface area contributed by atoms with Gasteiger partial charge in [-0.25, -0.2) is 9.18 Å². The molecule has 1 N–H and O–H groups in total. The van der Waals surface area contributed by atoms with E-state index in [9.17, 15) is 14.0 Å². The molecule has 0 atom stereocenters. The van der Waals surface area contributed by atoms with E-state index in [2.05, 4.69) is 5.32 Å². The minimum Gasteiger partial charge on any atom is -0.462 e. The molecule has 0 radical (unpaired) electrons. The Morgan fingerprint density at radius 2 is 1.89 bits per heavy atom. The Morgan fingerprint density at radius 3 is 2.64 bits per heavy atom. The fraction of sp³-hybridized carbons (Fsp3) is 0.238. The molecule has 1 heterocycles. The van der Waals surface area contributed by atoms with E-state index >= 15 is 0 Å². The van der Waals surface area contributed by atoms with Crippen molar-refractivity contribution in [3.05, 3.63) is 59.9 Å². The summed E-state index contributed by atoms with van der Waals surface area (Å²) in [5.41, 5.74) is 0.413. The summed E-state index contributed by atoms with van der Waals surface area (Å²) >= 11 is 2.95. The van der Waals surface area contributed by atoms with Gasteiger partial charge in [0.25, 0.3) is 0 Å². The fourth-order valence-corrected chi connectivity index (χ4v) is 4.64. The second-order valence-electron chi connectivity index (χ2n) is 5.98. The molecule has 2 aromatic carbocycles. The molecule has 0 fully saturated rings. The third-order valence-corrected chi connectivity index (χ3v) is 6.14. The highest BCUT2D eigenvalue weighted by molar-refractivity contribution is 7.99. The average molecular weight is 418 g/mol. The Kier molecular flexibility index (Phi) is 7.06. The van der Waals surface area contributed by atoms with Crippen molar-refractivity contribution >= 4 is 50.1 Å². The maximum Gasteiger partial charge on any atom is 0.341 e. The summed E-state index contributed by atoms with van der Waals surface area (Å²) in [4.78, 5) is 25.7. The third kappa shape index (κ3) is 5.11.